The average Bonchev–Trinajstić information content (AvgIpc) is 2.06. The molecule has 0 radical (unpaired) electrons. The van der Waals surface area contributed by atoms with Crippen LogP contribution in [-0.4, -0.2) is 12.2 Å². The SMILES string of the molecule is COc1c(O)ccc(C#N)c1N. The Labute approximate surface area is 69.8 Å². The zero-order valence-corrected chi connectivity index (χ0v) is 6.53. The van der Waals surface area contributed by atoms with Crippen LogP contribution in [0, 0.1) is 11.3 Å². The number of rotatable bonds is 1. The lowest BCUT2D eigenvalue weighted by atomic mass is 10.2. The lowest BCUT2D eigenvalue weighted by Crippen LogP contribution is -1.95. The van der Waals surface area contributed by atoms with Crippen molar-refractivity contribution >= 4 is 5.69 Å². The van der Waals surface area contributed by atoms with E-state index in [4.69, 9.17) is 15.7 Å². The minimum atomic E-state index is -0.0611. The Bertz CT molecular complexity index is 342. The largest absolute Gasteiger partial charge is 0.504 e. The highest BCUT2D eigenvalue weighted by atomic mass is 16.5. The Morgan fingerprint density at radius 1 is 1.58 bits per heavy atom. The van der Waals surface area contributed by atoms with Crippen molar-refractivity contribution < 1.29 is 9.84 Å². The molecule has 0 heterocycles. The van der Waals surface area contributed by atoms with E-state index in [2.05, 4.69) is 0 Å². The van der Waals surface area contributed by atoms with Crippen LogP contribution in [0.1, 0.15) is 5.56 Å². The van der Waals surface area contributed by atoms with Crippen LogP contribution in [0.4, 0.5) is 5.69 Å². The van der Waals surface area contributed by atoms with E-state index >= 15 is 0 Å². The molecule has 0 bridgehead atoms. The molecule has 0 amide bonds. The van der Waals surface area contributed by atoms with Gasteiger partial charge in [-0.2, -0.15) is 5.26 Å². The lowest BCUT2D eigenvalue weighted by molar-refractivity contribution is 0.375. The molecule has 3 N–H and O–H groups in total. The zero-order valence-electron chi connectivity index (χ0n) is 6.53. The van der Waals surface area contributed by atoms with Gasteiger partial charge in [0.15, 0.2) is 11.5 Å². The number of phenols is 1. The predicted octanol–water partition coefficient (Wildman–Crippen LogP) is 0.855. The second-order valence-electron chi connectivity index (χ2n) is 2.19. The van der Waals surface area contributed by atoms with Crippen LogP contribution in [0.25, 0.3) is 0 Å². The fraction of sp³-hybridized carbons (Fsp3) is 0.125. The molecule has 0 spiro atoms. The first kappa shape index (κ1) is 8.21. The van der Waals surface area contributed by atoms with E-state index in [1.54, 1.807) is 0 Å². The standard InChI is InChI=1S/C8H8N2O2/c1-12-8-6(11)3-2-5(4-9)7(8)10/h2-3,11H,10H2,1H3. The van der Waals surface area contributed by atoms with Crippen LogP contribution in [0.15, 0.2) is 12.1 Å². The van der Waals surface area contributed by atoms with Crippen molar-refractivity contribution in [2.24, 2.45) is 0 Å². The van der Waals surface area contributed by atoms with Gasteiger partial charge in [0.05, 0.1) is 18.4 Å². The third kappa shape index (κ3) is 1.12. The molecule has 4 heteroatoms. The van der Waals surface area contributed by atoms with Crippen LogP contribution < -0.4 is 10.5 Å². The monoisotopic (exact) mass is 164 g/mol. The molecule has 0 aromatic heterocycles. The fourth-order valence-corrected chi connectivity index (χ4v) is 0.900. The quantitative estimate of drug-likeness (QED) is 0.603. The molecule has 0 fully saturated rings. The molecule has 1 aromatic carbocycles. The normalized spacial score (nSPS) is 9.00. The summed E-state index contributed by atoms with van der Waals surface area (Å²) in [4.78, 5) is 0. The Balaban J connectivity index is 3.36. The second kappa shape index (κ2) is 3.01. The molecule has 0 saturated carbocycles. The van der Waals surface area contributed by atoms with E-state index in [9.17, 15) is 5.11 Å². The molecule has 1 aromatic rings. The van der Waals surface area contributed by atoms with Crippen molar-refractivity contribution in [3.05, 3.63) is 17.7 Å². The van der Waals surface area contributed by atoms with E-state index in [-0.39, 0.29) is 17.2 Å². The second-order valence-corrected chi connectivity index (χ2v) is 2.19. The molecular weight excluding hydrogens is 156 g/mol. The zero-order chi connectivity index (χ0) is 9.14. The van der Waals surface area contributed by atoms with Gasteiger partial charge in [0.2, 0.25) is 0 Å². The first-order valence-corrected chi connectivity index (χ1v) is 3.26. The van der Waals surface area contributed by atoms with Gasteiger partial charge >= 0.3 is 0 Å². The smallest absolute Gasteiger partial charge is 0.184 e. The number of phenolic OH excluding ortho intramolecular Hbond substituents is 1. The van der Waals surface area contributed by atoms with Crippen LogP contribution >= 0.6 is 0 Å². The van der Waals surface area contributed by atoms with Gasteiger partial charge in [-0.1, -0.05) is 0 Å². The number of anilines is 1. The topological polar surface area (TPSA) is 79.3 Å². The van der Waals surface area contributed by atoms with Gasteiger partial charge < -0.3 is 15.6 Å². The lowest BCUT2D eigenvalue weighted by Gasteiger charge is -2.06. The van der Waals surface area contributed by atoms with E-state index < -0.39 is 0 Å². The molecular formula is C8H8N2O2. The van der Waals surface area contributed by atoms with Crippen molar-refractivity contribution in [2.75, 3.05) is 12.8 Å². The van der Waals surface area contributed by atoms with Gasteiger partial charge in [-0.25, -0.2) is 0 Å². The van der Waals surface area contributed by atoms with Crippen LogP contribution in [0.2, 0.25) is 0 Å². The third-order valence-corrected chi connectivity index (χ3v) is 1.50. The van der Waals surface area contributed by atoms with Crippen LogP contribution in [0.3, 0.4) is 0 Å². The first-order valence-electron chi connectivity index (χ1n) is 3.26. The maximum atomic E-state index is 9.20. The summed E-state index contributed by atoms with van der Waals surface area (Å²) in [6, 6.07) is 4.69. The molecule has 12 heavy (non-hydrogen) atoms. The van der Waals surface area contributed by atoms with Gasteiger partial charge in [-0.3, -0.25) is 0 Å². The third-order valence-electron chi connectivity index (χ3n) is 1.50. The summed E-state index contributed by atoms with van der Waals surface area (Å²) in [5, 5.41) is 17.8. The van der Waals surface area contributed by atoms with E-state index in [1.165, 1.54) is 19.2 Å². The number of aromatic hydroxyl groups is 1. The minimum absolute atomic E-state index is 0.0611. The minimum Gasteiger partial charge on any atom is -0.504 e. The maximum Gasteiger partial charge on any atom is 0.184 e. The van der Waals surface area contributed by atoms with Crippen LogP contribution in [-0.2, 0) is 0 Å². The molecule has 0 unspecified atom stereocenters. The maximum absolute atomic E-state index is 9.20. The summed E-state index contributed by atoms with van der Waals surface area (Å²) in [5.74, 6) is 0.0862. The average molecular weight is 164 g/mol. The van der Waals surface area contributed by atoms with Gasteiger partial charge in [-0.15, -0.1) is 0 Å². The summed E-state index contributed by atoms with van der Waals surface area (Å²) < 4.78 is 4.79. The highest BCUT2D eigenvalue weighted by molar-refractivity contribution is 5.68. The van der Waals surface area contributed by atoms with Gasteiger partial charge in [0.1, 0.15) is 6.07 Å². The number of nitrogens with zero attached hydrogens (tertiary/aromatic N) is 1. The van der Waals surface area contributed by atoms with Gasteiger partial charge in [0.25, 0.3) is 0 Å². The Morgan fingerprint density at radius 3 is 2.75 bits per heavy atom. The summed E-state index contributed by atoms with van der Waals surface area (Å²) in [6.07, 6.45) is 0. The number of nitrogens with two attached hydrogens (primary N) is 1. The van der Waals surface area contributed by atoms with Gasteiger partial charge in [-0.05, 0) is 12.1 Å². The Hall–Kier alpha value is -1.89. The molecule has 0 aliphatic carbocycles. The van der Waals surface area contributed by atoms with E-state index in [0.29, 0.717) is 5.56 Å². The number of ether oxygens (including phenoxy) is 1. The Morgan fingerprint density at radius 2 is 2.25 bits per heavy atom. The Kier molecular flexibility index (Phi) is 2.06. The number of hydrogen-bond acceptors (Lipinski definition) is 4. The first-order chi connectivity index (χ1) is 5.70. The van der Waals surface area contributed by atoms with Crippen molar-refractivity contribution in [1.29, 1.82) is 5.26 Å². The molecule has 1 rings (SSSR count). The number of methoxy groups -OCH3 is 1. The number of benzene rings is 1. The van der Waals surface area contributed by atoms with Crippen molar-refractivity contribution in [3.63, 3.8) is 0 Å². The summed E-state index contributed by atoms with van der Waals surface area (Å²) in [7, 11) is 1.38. The number of nitrogen functional groups attached to an aromatic ring is 1. The fourth-order valence-electron chi connectivity index (χ4n) is 0.900. The van der Waals surface area contributed by atoms with Crippen molar-refractivity contribution in [2.45, 2.75) is 0 Å². The number of nitriles is 1. The molecule has 0 aliphatic rings. The molecule has 4 nitrogen and oxygen atoms in total. The molecule has 62 valence electrons. The highest BCUT2D eigenvalue weighted by Crippen LogP contribution is 2.34. The van der Waals surface area contributed by atoms with Crippen molar-refractivity contribution in [1.82, 2.24) is 0 Å². The van der Waals surface area contributed by atoms with E-state index in [1.807, 2.05) is 6.07 Å². The van der Waals surface area contributed by atoms with E-state index in [0.717, 1.165) is 0 Å². The number of hydrogen-bond donors (Lipinski definition) is 2. The summed E-state index contributed by atoms with van der Waals surface area (Å²) >= 11 is 0. The molecule has 0 saturated heterocycles. The van der Waals surface area contributed by atoms with Crippen molar-refractivity contribution in [3.8, 4) is 17.6 Å². The summed E-state index contributed by atoms with van der Waals surface area (Å²) in [6.45, 7) is 0. The summed E-state index contributed by atoms with van der Waals surface area (Å²) in [5.41, 5.74) is 5.96. The van der Waals surface area contributed by atoms with Crippen LogP contribution in [0.5, 0.6) is 11.5 Å². The molecule has 0 atom stereocenters. The molecule has 0 aliphatic heterocycles. The predicted molar refractivity (Wildman–Crippen MR) is 43.8 cm³/mol. The van der Waals surface area contributed by atoms with Gasteiger partial charge in [0, 0.05) is 0 Å². The highest BCUT2D eigenvalue weighted by Gasteiger charge is 2.09.